The lowest BCUT2D eigenvalue weighted by atomic mass is 10.1. The Morgan fingerprint density at radius 1 is 1.16 bits per heavy atom. The van der Waals surface area contributed by atoms with Crippen LogP contribution in [-0.4, -0.2) is 9.91 Å². The van der Waals surface area contributed by atoms with E-state index in [1.165, 1.54) is 24.5 Å². The number of rotatable bonds is 2. The third-order valence-electron chi connectivity index (χ3n) is 3.60. The number of benzene rings is 1. The van der Waals surface area contributed by atoms with Crippen LogP contribution in [0.2, 0.25) is 0 Å². The third-order valence-corrected chi connectivity index (χ3v) is 3.60. The van der Waals surface area contributed by atoms with E-state index < -0.39 is 0 Å². The second-order valence-electron chi connectivity index (χ2n) is 4.84. The standard InChI is InChI=1S/C15H14N2O2/c18-17(19)15-7-3-6-12-13(15)8-9-16-14(12)10-11-4-1-2-5-11/h3,6-10H,1-2,4-5H2. The monoisotopic (exact) mass is 254 g/mol. The van der Waals surface area contributed by atoms with Crippen molar-refractivity contribution in [2.45, 2.75) is 25.7 Å². The Hall–Kier alpha value is -2.23. The predicted octanol–water partition coefficient (Wildman–Crippen LogP) is 4.10. The summed E-state index contributed by atoms with van der Waals surface area (Å²) in [7, 11) is 0. The second-order valence-corrected chi connectivity index (χ2v) is 4.84. The first-order valence-corrected chi connectivity index (χ1v) is 6.47. The fourth-order valence-electron chi connectivity index (χ4n) is 2.65. The summed E-state index contributed by atoms with van der Waals surface area (Å²) in [6.45, 7) is 0. The fourth-order valence-corrected chi connectivity index (χ4v) is 2.65. The van der Waals surface area contributed by atoms with Crippen molar-refractivity contribution in [3.8, 4) is 0 Å². The molecule has 4 nitrogen and oxygen atoms in total. The Labute approximate surface area is 110 Å². The van der Waals surface area contributed by atoms with E-state index in [1.54, 1.807) is 18.3 Å². The van der Waals surface area contributed by atoms with Crippen LogP contribution in [0.4, 0.5) is 5.69 Å². The lowest BCUT2D eigenvalue weighted by Crippen LogP contribution is -1.92. The van der Waals surface area contributed by atoms with Gasteiger partial charge in [0.1, 0.15) is 0 Å². The Balaban J connectivity index is 2.18. The number of pyridine rings is 1. The summed E-state index contributed by atoms with van der Waals surface area (Å²) >= 11 is 0. The Kier molecular flexibility index (Phi) is 2.99. The van der Waals surface area contributed by atoms with Gasteiger partial charge >= 0.3 is 0 Å². The van der Waals surface area contributed by atoms with Gasteiger partial charge in [0.15, 0.2) is 0 Å². The first kappa shape index (κ1) is 11.8. The van der Waals surface area contributed by atoms with E-state index >= 15 is 0 Å². The number of hydrogen-bond acceptors (Lipinski definition) is 3. The number of fused-ring (bicyclic) bond motifs is 1. The van der Waals surface area contributed by atoms with Crippen LogP contribution in [0.25, 0.3) is 16.8 Å². The highest BCUT2D eigenvalue weighted by Crippen LogP contribution is 2.30. The number of aromatic nitrogens is 1. The SMILES string of the molecule is O=[N+]([O-])c1cccc2c(C=C3CCCC3)nccc12. The van der Waals surface area contributed by atoms with Crippen molar-refractivity contribution in [3.63, 3.8) is 0 Å². The largest absolute Gasteiger partial charge is 0.277 e. The summed E-state index contributed by atoms with van der Waals surface area (Å²) in [6, 6.07) is 6.87. The van der Waals surface area contributed by atoms with Gasteiger partial charge in [0, 0.05) is 17.6 Å². The third kappa shape index (κ3) is 2.21. The summed E-state index contributed by atoms with van der Waals surface area (Å²) in [4.78, 5) is 15.1. The quantitative estimate of drug-likeness (QED) is 0.598. The van der Waals surface area contributed by atoms with Crippen molar-refractivity contribution in [1.82, 2.24) is 4.98 Å². The first-order valence-electron chi connectivity index (χ1n) is 6.47. The molecule has 1 aromatic heterocycles. The smallest absolute Gasteiger partial charge is 0.258 e. The highest BCUT2D eigenvalue weighted by molar-refractivity contribution is 5.95. The molecule has 0 aliphatic heterocycles. The van der Waals surface area contributed by atoms with Crippen molar-refractivity contribution in [2.75, 3.05) is 0 Å². The van der Waals surface area contributed by atoms with E-state index in [9.17, 15) is 10.1 Å². The predicted molar refractivity (Wildman–Crippen MR) is 74.8 cm³/mol. The van der Waals surface area contributed by atoms with Crippen molar-refractivity contribution in [2.24, 2.45) is 0 Å². The summed E-state index contributed by atoms with van der Waals surface area (Å²) in [6.07, 6.45) is 8.45. The van der Waals surface area contributed by atoms with Crippen LogP contribution in [-0.2, 0) is 0 Å². The highest BCUT2D eigenvalue weighted by Gasteiger charge is 2.14. The van der Waals surface area contributed by atoms with Crippen molar-refractivity contribution in [1.29, 1.82) is 0 Å². The maximum Gasteiger partial charge on any atom is 0.277 e. The topological polar surface area (TPSA) is 56.0 Å². The minimum Gasteiger partial charge on any atom is -0.258 e. The zero-order valence-corrected chi connectivity index (χ0v) is 10.5. The molecular formula is C15H14N2O2. The first-order chi connectivity index (χ1) is 9.25. The lowest BCUT2D eigenvalue weighted by Gasteiger charge is -2.03. The Morgan fingerprint density at radius 2 is 1.95 bits per heavy atom. The Bertz CT molecular complexity index is 669. The van der Waals surface area contributed by atoms with Crippen LogP contribution < -0.4 is 0 Å². The maximum atomic E-state index is 11.0. The number of nitrogens with zero attached hydrogens (tertiary/aromatic N) is 2. The zero-order chi connectivity index (χ0) is 13.2. The molecule has 3 rings (SSSR count). The number of nitro groups is 1. The molecule has 1 heterocycles. The molecule has 19 heavy (non-hydrogen) atoms. The molecule has 1 saturated carbocycles. The number of hydrogen-bond donors (Lipinski definition) is 0. The lowest BCUT2D eigenvalue weighted by molar-refractivity contribution is -0.383. The summed E-state index contributed by atoms with van der Waals surface area (Å²) in [5, 5.41) is 12.6. The van der Waals surface area contributed by atoms with Crippen LogP contribution >= 0.6 is 0 Å². The molecule has 0 saturated heterocycles. The molecular weight excluding hydrogens is 240 g/mol. The van der Waals surface area contributed by atoms with Crippen LogP contribution in [0.3, 0.4) is 0 Å². The molecule has 0 radical (unpaired) electrons. The molecule has 2 aromatic rings. The molecule has 1 aromatic carbocycles. The molecule has 1 fully saturated rings. The summed E-state index contributed by atoms with van der Waals surface area (Å²) < 4.78 is 0. The van der Waals surface area contributed by atoms with E-state index in [0.29, 0.717) is 5.39 Å². The summed E-state index contributed by atoms with van der Waals surface area (Å²) in [5.41, 5.74) is 2.38. The van der Waals surface area contributed by atoms with Gasteiger partial charge in [0.2, 0.25) is 0 Å². The molecule has 0 bridgehead atoms. The molecule has 0 amide bonds. The molecule has 1 aliphatic rings. The molecule has 0 atom stereocenters. The van der Waals surface area contributed by atoms with E-state index in [2.05, 4.69) is 11.1 Å². The normalized spacial score (nSPS) is 14.8. The fraction of sp³-hybridized carbons (Fsp3) is 0.267. The maximum absolute atomic E-state index is 11.0. The van der Waals surface area contributed by atoms with Gasteiger partial charge in [-0.1, -0.05) is 17.7 Å². The van der Waals surface area contributed by atoms with E-state index in [4.69, 9.17) is 0 Å². The molecule has 4 heteroatoms. The van der Waals surface area contributed by atoms with E-state index in [1.807, 2.05) is 6.07 Å². The van der Waals surface area contributed by atoms with Crippen LogP contribution in [0.5, 0.6) is 0 Å². The van der Waals surface area contributed by atoms with Crippen LogP contribution in [0.1, 0.15) is 31.4 Å². The molecule has 0 unspecified atom stereocenters. The van der Waals surface area contributed by atoms with Crippen LogP contribution in [0.15, 0.2) is 36.0 Å². The van der Waals surface area contributed by atoms with Crippen molar-refractivity contribution >= 4 is 22.5 Å². The van der Waals surface area contributed by atoms with Gasteiger partial charge in [-0.15, -0.1) is 0 Å². The van der Waals surface area contributed by atoms with Crippen LogP contribution in [0, 0.1) is 10.1 Å². The van der Waals surface area contributed by atoms with Gasteiger partial charge < -0.3 is 0 Å². The molecule has 96 valence electrons. The molecule has 1 aliphatic carbocycles. The van der Waals surface area contributed by atoms with Crippen molar-refractivity contribution in [3.05, 3.63) is 51.8 Å². The van der Waals surface area contributed by atoms with E-state index in [-0.39, 0.29) is 10.6 Å². The number of nitro benzene ring substituents is 1. The number of allylic oxidation sites excluding steroid dienone is 1. The zero-order valence-electron chi connectivity index (χ0n) is 10.5. The van der Waals surface area contributed by atoms with Gasteiger partial charge in [-0.3, -0.25) is 15.1 Å². The average molecular weight is 254 g/mol. The highest BCUT2D eigenvalue weighted by atomic mass is 16.6. The summed E-state index contributed by atoms with van der Waals surface area (Å²) in [5.74, 6) is 0. The molecule has 0 spiro atoms. The van der Waals surface area contributed by atoms with E-state index in [0.717, 1.165) is 23.9 Å². The second kappa shape index (κ2) is 4.80. The Morgan fingerprint density at radius 3 is 2.68 bits per heavy atom. The van der Waals surface area contributed by atoms with Gasteiger partial charge in [-0.25, -0.2) is 0 Å². The van der Waals surface area contributed by atoms with Gasteiger partial charge in [0.05, 0.1) is 16.0 Å². The van der Waals surface area contributed by atoms with Gasteiger partial charge in [0.25, 0.3) is 5.69 Å². The molecule has 0 N–H and O–H groups in total. The number of non-ortho nitro benzene ring substituents is 1. The average Bonchev–Trinajstić information content (AvgIpc) is 2.91. The van der Waals surface area contributed by atoms with Gasteiger partial charge in [-0.05, 0) is 37.8 Å². The van der Waals surface area contributed by atoms with Crippen molar-refractivity contribution < 1.29 is 4.92 Å². The minimum absolute atomic E-state index is 0.144. The van der Waals surface area contributed by atoms with Gasteiger partial charge in [-0.2, -0.15) is 0 Å². The minimum atomic E-state index is -0.338.